The summed E-state index contributed by atoms with van der Waals surface area (Å²) >= 11 is 0. The van der Waals surface area contributed by atoms with Crippen LogP contribution in [0.5, 0.6) is 0 Å². The molecule has 1 fully saturated rings. The van der Waals surface area contributed by atoms with E-state index in [-0.39, 0.29) is 0 Å². The Morgan fingerprint density at radius 1 is 1.36 bits per heavy atom. The Labute approximate surface area is 83.6 Å². The molecule has 14 heavy (non-hydrogen) atoms. The first-order valence-corrected chi connectivity index (χ1v) is 4.94. The van der Waals surface area contributed by atoms with Crippen molar-refractivity contribution in [1.29, 1.82) is 0 Å². The summed E-state index contributed by atoms with van der Waals surface area (Å²) in [6.45, 7) is 2.10. The maximum absolute atomic E-state index is 11.2. The average molecular weight is 190 g/mol. The lowest BCUT2D eigenvalue weighted by Gasteiger charge is -2.43. The van der Waals surface area contributed by atoms with Crippen molar-refractivity contribution < 1.29 is 9.90 Å². The highest BCUT2D eigenvalue weighted by Crippen LogP contribution is 2.47. The van der Waals surface area contributed by atoms with E-state index in [2.05, 4.69) is 6.92 Å². The molecule has 1 aliphatic carbocycles. The third-order valence-corrected chi connectivity index (χ3v) is 3.13. The third-order valence-electron chi connectivity index (χ3n) is 3.13. The van der Waals surface area contributed by atoms with E-state index >= 15 is 0 Å². The molecule has 1 aromatic rings. The minimum absolute atomic E-state index is 0.534. The first kappa shape index (κ1) is 9.25. The first-order valence-electron chi connectivity index (χ1n) is 4.94. The highest BCUT2D eigenvalue weighted by atomic mass is 16.4. The summed E-state index contributed by atoms with van der Waals surface area (Å²) in [5.74, 6) is -0.145. The molecule has 0 saturated heterocycles. The zero-order chi connectivity index (χ0) is 10.2. The summed E-state index contributed by atoms with van der Waals surface area (Å²) in [5.41, 5.74) is 0.353. The summed E-state index contributed by atoms with van der Waals surface area (Å²) in [6, 6.07) is 9.56. The van der Waals surface area contributed by atoms with Gasteiger partial charge in [0.25, 0.3) is 0 Å². The number of benzene rings is 1. The lowest BCUT2D eigenvalue weighted by atomic mass is 9.59. The van der Waals surface area contributed by atoms with E-state index in [9.17, 15) is 9.90 Å². The molecule has 0 aromatic heterocycles. The number of hydrogen-bond acceptors (Lipinski definition) is 1. The molecular weight excluding hydrogens is 176 g/mol. The van der Waals surface area contributed by atoms with Crippen LogP contribution >= 0.6 is 0 Å². The minimum atomic E-state index is -0.679. The second-order valence-corrected chi connectivity index (χ2v) is 4.27. The van der Waals surface area contributed by atoms with Gasteiger partial charge in [-0.05, 0) is 24.3 Å². The average Bonchev–Trinajstić information content (AvgIpc) is 2.13. The van der Waals surface area contributed by atoms with Crippen LogP contribution in [-0.4, -0.2) is 11.1 Å². The van der Waals surface area contributed by atoms with Crippen molar-refractivity contribution in [3.8, 4) is 0 Å². The van der Waals surface area contributed by atoms with Crippen molar-refractivity contribution >= 4 is 5.97 Å². The maximum atomic E-state index is 11.2. The number of aliphatic carboxylic acids is 1. The first-order chi connectivity index (χ1) is 6.65. The summed E-state index contributed by atoms with van der Waals surface area (Å²) in [6.07, 6.45) is 1.54. The molecule has 0 amide bonds. The largest absolute Gasteiger partial charge is 0.481 e. The zero-order valence-corrected chi connectivity index (χ0v) is 8.23. The highest BCUT2D eigenvalue weighted by Gasteiger charge is 2.49. The Kier molecular flexibility index (Phi) is 2.06. The Hall–Kier alpha value is -1.31. The normalized spacial score (nSPS) is 30.8. The van der Waals surface area contributed by atoms with E-state index in [1.807, 2.05) is 30.3 Å². The Morgan fingerprint density at radius 3 is 2.36 bits per heavy atom. The van der Waals surface area contributed by atoms with Gasteiger partial charge in [-0.3, -0.25) is 4.79 Å². The SMILES string of the molecule is CC1CC(C(=O)O)(c2ccccc2)C1. The summed E-state index contributed by atoms with van der Waals surface area (Å²) < 4.78 is 0. The van der Waals surface area contributed by atoms with E-state index in [4.69, 9.17) is 0 Å². The van der Waals surface area contributed by atoms with Gasteiger partial charge in [0, 0.05) is 0 Å². The summed E-state index contributed by atoms with van der Waals surface area (Å²) in [5, 5.41) is 9.25. The fourth-order valence-corrected chi connectivity index (χ4v) is 2.42. The molecule has 1 aromatic carbocycles. The quantitative estimate of drug-likeness (QED) is 0.777. The van der Waals surface area contributed by atoms with Crippen molar-refractivity contribution in [2.75, 3.05) is 0 Å². The van der Waals surface area contributed by atoms with Crippen LogP contribution in [0.3, 0.4) is 0 Å². The number of hydrogen-bond donors (Lipinski definition) is 1. The monoisotopic (exact) mass is 190 g/mol. The molecular formula is C12H14O2. The number of carboxylic acids is 1. The van der Waals surface area contributed by atoms with Gasteiger partial charge in [-0.15, -0.1) is 0 Å². The Balaban J connectivity index is 2.34. The summed E-state index contributed by atoms with van der Waals surface area (Å²) in [4.78, 5) is 11.2. The van der Waals surface area contributed by atoms with E-state index in [0.717, 1.165) is 18.4 Å². The van der Waals surface area contributed by atoms with Crippen LogP contribution in [0.25, 0.3) is 0 Å². The van der Waals surface area contributed by atoms with Crippen molar-refractivity contribution in [1.82, 2.24) is 0 Å². The van der Waals surface area contributed by atoms with Crippen LogP contribution in [0.1, 0.15) is 25.3 Å². The number of carbonyl (C=O) groups is 1. The molecule has 0 spiro atoms. The fraction of sp³-hybridized carbons (Fsp3) is 0.417. The molecule has 0 aliphatic heterocycles. The van der Waals surface area contributed by atoms with Gasteiger partial charge in [0.2, 0.25) is 0 Å². The van der Waals surface area contributed by atoms with Crippen LogP contribution in [0, 0.1) is 5.92 Å². The van der Waals surface area contributed by atoms with Crippen molar-refractivity contribution in [3.63, 3.8) is 0 Å². The predicted octanol–water partition coefficient (Wildman–Crippen LogP) is 2.44. The van der Waals surface area contributed by atoms with Crippen molar-refractivity contribution in [2.45, 2.75) is 25.2 Å². The van der Waals surface area contributed by atoms with E-state index in [1.54, 1.807) is 0 Å². The predicted molar refractivity (Wildman–Crippen MR) is 54.2 cm³/mol. The standard InChI is InChI=1S/C12H14O2/c1-9-7-12(8-9,11(13)14)10-5-3-2-4-6-10/h2-6,9H,7-8H2,1H3,(H,13,14). The van der Waals surface area contributed by atoms with Crippen molar-refractivity contribution in [3.05, 3.63) is 35.9 Å². The minimum Gasteiger partial charge on any atom is -0.481 e. The second kappa shape index (κ2) is 3.12. The van der Waals surface area contributed by atoms with Crippen LogP contribution in [-0.2, 0) is 10.2 Å². The molecule has 2 rings (SSSR count). The molecule has 0 heterocycles. The van der Waals surface area contributed by atoms with Gasteiger partial charge in [-0.1, -0.05) is 37.3 Å². The van der Waals surface area contributed by atoms with Crippen LogP contribution in [0.2, 0.25) is 0 Å². The van der Waals surface area contributed by atoms with E-state index in [1.165, 1.54) is 0 Å². The molecule has 1 aliphatic rings. The van der Waals surface area contributed by atoms with Gasteiger partial charge < -0.3 is 5.11 Å². The van der Waals surface area contributed by atoms with Gasteiger partial charge in [-0.25, -0.2) is 0 Å². The topological polar surface area (TPSA) is 37.3 Å². The Bertz CT molecular complexity index is 337. The van der Waals surface area contributed by atoms with Crippen LogP contribution < -0.4 is 0 Å². The second-order valence-electron chi connectivity index (χ2n) is 4.27. The van der Waals surface area contributed by atoms with Crippen LogP contribution in [0.4, 0.5) is 0 Å². The maximum Gasteiger partial charge on any atom is 0.314 e. The van der Waals surface area contributed by atoms with E-state index < -0.39 is 11.4 Å². The third kappa shape index (κ3) is 1.22. The molecule has 0 bridgehead atoms. The smallest absolute Gasteiger partial charge is 0.314 e. The van der Waals surface area contributed by atoms with Gasteiger partial charge >= 0.3 is 5.97 Å². The zero-order valence-electron chi connectivity index (χ0n) is 8.23. The van der Waals surface area contributed by atoms with Gasteiger partial charge in [0.1, 0.15) is 0 Å². The van der Waals surface area contributed by atoms with E-state index in [0.29, 0.717) is 5.92 Å². The molecule has 0 radical (unpaired) electrons. The lowest BCUT2D eigenvalue weighted by Crippen LogP contribution is -2.46. The molecule has 2 nitrogen and oxygen atoms in total. The molecule has 2 heteroatoms. The molecule has 0 atom stereocenters. The van der Waals surface area contributed by atoms with Gasteiger partial charge in [0.15, 0.2) is 0 Å². The lowest BCUT2D eigenvalue weighted by molar-refractivity contribution is -0.149. The molecule has 74 valence electrons. The van der Waals surface area contributed by atoms with Gasteiger partial charge in [0.05, 0.1) is 5.41 Å². The highest BCUT2D eigenvalue weighted by molar-refractivity contribution is 5.82. The fourth-order valence-electron chi connectivity index (χ4n) is 2.42. The molecule has 0 unspecified atom stereocenters. The van der Waals surface area contributed by atoms with Crippen molar-refractivity contribution in [2.24, 2.45) is 5.92 Å². The van der Waals surface area contributed by atoms with Crippen LogP contribution in [0.15, 0.2) is 30.3 Å². The van der Waals surface area contributed by atoms with Gasteiger partial charge in [-0.2, -0.15) is 0 Å². The Morgan fingerprint density at radius 2 is 1.93 bits per heavy atom. The summed E-state index contributed by atoms with van der Waals surface area (Å²) in [7, 11) is 0. The molecule has 1 N–H and O–H groups in total. The number of rotatable bonds is 2. The number of carboxylic acid groups (broad SMARTS) is 1. The molecule has 1 saturated carbocycles.